The van der Waals surface area contributed by atoms with Crippen molar-refractivity contribution in [2.75, 3.05) is 23.7 Å². The number of anilines is 2. The highest BCUT2D eigenvalue weighted by atomic mass is 14.9. The van der Waals surface area contributed by atoms with Crippen LogP contribution in [0.2, 0.25) is 0 Å². The Labute approximate surface area is 144 Å². The Morgan fingerprint density at radius 2 is 0.958 bits per heavy atom. The summed E-state index contributed by atoms with van der Waals surface area (Å²) in [6.07, 6.45) is 2.07. The van der Waals surface area contributed by atoms with Gasteiger partial charge in [0.15, 0.2) is 0 Å². The molecule has 0 fully saturated rings. The number of hydrogen-bond acceptors (Lipinski definition) is 2. The number of rotatable bonds is 8. The van der Waals surface area contributed by atoms with Crippen LogP contribution >= 0.6 is 0 Å². The van der Waals surface area contributed by atoms with E-state index < -0.39 is 0 Å². The standard InChI is InChI=1S/C22H24N2/c1-3-8-19(9-4-1)14-16-23-21-12-7-13-22(18-21)24-17-15-20-10-5-2-6-11-20/h1-13,18,23-24H,14-17H2. The van der Waals surface area contributed by atoms with Crippen LogP contribution in [0.25, 0.3) is 0 Å². The lowest BCUT2D eigenvalue weighted by molar-refractivity contribution is 1.01. The van der Waals surface area contributed by atoms with E-state index in [1.165, 1.54) is 11.1 Å². The van der Waals surface area contributed by atoms with Gasteiger partial charge in [0.1, 0.15) is 0 Å². The Morgan fingerprint density at radius 1 is 0.500 bits per heavy atom. The zero-order valence-electron chi connectivity index (χ0n) is 13.9. The molecule has 0 bridgehead atoms. The average Bonchev–Trinajstić information content (AvgIpc) is 2.64. The normalized spacial score (nSPS) is 10.3. The molecule has 0 aliphatic carbocycles. The minimum atomic E-state index is 0.942. The topological polar surface area (TPSA) is 24.1 Å². The van der Waals surface area contributed by atoms with Crippen LogP contribution < -0.4 is 10.6 Å². The second kappa shape index (κ2) is 8.78. The third-order valence-electron chi connectivity index (χ3n) is 4.03. The second-order valence-electron chi connectivity index (χ2n) is 5.91. The first-order valence-corrected chi connectivity index (χ1v) is 8.56. The molecule has 2 N–H and O–H groups in total. The van der Waals surface area contributed by atoms with E-state index in [0.717, 1.165) is 37.3 Å². The number of hydrogen-bond donors (Lipinski definition) is 2. The van der Waals surface area contributed by atoms with E-state index in [2.05, 4.69) is 95.6 Å². The maximum atomic E-state index is 3.50. The van der Waals surface area contributed by atoms with Gasteiger partial charge in [-0.05, 0) is 42.2 Å². The molecule has 0 atom stereocenters. The van der Waals surface area contributed by atoms with E-state index in [9.17, 15) is 0 Å². The summed E-state index contributed by atoms with van der Waals surface area (Å²) in [6, 6.07) is 29.7. The lowest BCUT2D eigenvalue weighted by Crippen LogP contribution is -2.07. The second-order valence-corrected chi connectivity index (χ2v) is 5.91. The maximum absolute atomic E-state index is 3.50. The zero-order valence-corrected chi connectivity index (χ0v) is 13.9. The number of nitrogens with one attached hydrogen (secondary N) is 2. The van der Waals surface area contributed by atoms with Gasteiger partial charge in [-0.25, -0.2) is 0 Å². The Balaban J connectivity index is 1.45. The molecule has 0 aromatic heterocycles. The average molecular weight is 316 g/mol. The quantitative estimate of drug-likeness (QED) is 0.611. The van der Waals surface area contributed by atoms with Crippen LogP contribution in [-0.2, 0) is 12.8 Å². The monoisotopic (exact) mass is 316 g/mol. The largest absolute Gasteiger partial charge is 0.385 e. The van der Waals surface area contributed by atoms with Crippen molar-refractivity contribution in [2.24, 2.45) is 0 Å². The zero-order chi connectivity index (χ0) is 16.5. The fraction of sp³-hybridized carbons (Fsp3) is 0.182. The van der Waals surface area contributed by atoms with Crippen LogP contribution in [0.3, 0.4) is 0 Å². The lowest BCUT2D eigenvalue weighted by atomic mass is 10.1. The molecule has 24 heavy (non-hydrogen) atoms. The smallest absolute Gasteiger partial charge is 0.0360 e. The van der Waals surface area contributed by atoms with Crippen LogP contribution in [0.4, 0.5) is 11.4 Å². The third-order valence-corrected chi connectivity index (χ3v) is 4.03. The van der Waals surface area contributed by atoms with Gasteiger partial charge in [-0.15, -0.1) is 0 Å². The summed E-state index contributed by atoms with van der Waals surface area (Å²) < 4.78 is 0. The van der Waals surface area contributed by atoms with Crippen molar-refractivity contribution in [1.29, 1.82) is 0 Å². The molecule has 0 aliphatic rings. The van der Waals surface area contributed by atoms with Gasteiger partial charge in [-0.3, -0.25) is 0 Å². The predicted molar refractivity (Wildman–Crippen MR) is 104 cm³/mol. The molecule has 2 nitrogen and oxygen atoms in total. The number of benzene rings is 3. The van der Waals surface area contributed by atoms with Crippen molar-refractivity contribution in [1.82, 2.24) is 0 Å². The summed E-state index contributed by atoms with van der Waals surface area (Å²) in [5.41, 5.74) is 5.05. The van der Waals surface area contributed by atoms with E-state index in [1.807, 2.05) is 0 Å². The maximum Gasteiger partial charge on any atom is 0.0360 e. The van der Waals surface area contributed by atoms with Gasteiger partial charge in [-0.1, -0.05) is 66.7 Å². The molecular formula is C22H24N2. The Bertz CT molecular complexity index is 662. The molecule has 0 saturated heterocycles. The van der Waals surface area contributed by atoms with Crippen molar-refractivity contribution < 1.29 is 0 Å². The molecular weight excluding hydrogens is 292 g/mol. The minimum Gasteiger partial charge on any atom is -0.385 e. The molecule has 0 saturated carbocycles. The van der Waals surface area contributed by atoms with Crippen LogP contribution in [0.5, 0.6) is 0 Å². The Kier molecular flexibility index (Phi) is 5.90. The molecule has 0 heterocycles. The molecule has 0 unspecified atom stereocenters. The SMILES string of the molecule is c1ccc(CCNc2cccc(NCCc3ccccc3)c2)cc1. The Hall–Kier alpha value is -2.74. The van der Waals surface area contributed by atoms with Gasteiger partial charge in [0.2, 0.25) is 0 Å². The molecule has 2 heteroatoms. The van der Waals surface area contributed by atoms with Crippen LogP contribution in [-0.4, -0.2) is 13.1 Å². The molecule has 3 aromatic carbocycles. The fourth-order valence-electron chi connectivity index (χ4n) is 2.73. The van der Waals surface area contributed by atoms with Gasteiger partial charge in [0.05, 0.1) is 0 Å². The van der Waals surface area contributed by atoms with Crippen molar-refractivity contribution in [3.63, 3.8) is 0 Å². The summed E-state index contributed by atoms with van der Waals surface area (Å²) in [6.45, 7) is 1.88. The van der Waals surface area contributed by atoms with Crippen LogP contribution in [0, 0.1) is 0 Å². The first-order valence-electron chi connectivity index (χ1n) is 8.56. The van der Waals surface area contributed by atoms with Crippen LogP contribution in [0.1, 0.15) is 11.1 Å². The van der Waals surface area contributed by atoms with Gasteiger partial charge < -0.3 is 10.6 Å². The summed E-state index contributed by atoms with van der Waals surface area (Å²) in [5.74, 6) is 0. The van der Waals surface area contributed by atoms with Gasteiger partial charge in [-0.2, -0.15) is 0 Å². The van der Waals surface area contributed by atoms with Crippen molar-refractivity contribution in [3.05, 3.63) is 96.1 Å². The summed E-state index contributed by atoms with van der Waals surface area (Å²) in [7, 11) is 0. The molecule has 0 amide bonds. The Morgan fingerprint density at radius 3 is 1.42 bits per heavy atom. The third kappa shape index (κ3) is 5.17. The highest BCUT2D eigenvalue weighted by Gasteiger charge is 1.97. The highest BCUT2D eigenvalue weighted by Crippen LogP contribution is 2.15. The summed E-state index contributed by atoms with van der Waals surface area (Å²) >= 11 is 0. The fourth-order valence-corrected chi connectivity index (χ4v) is 2.73. The van der Waals surface area contributed by atoms with Gasteiger partial charge in [0, 0.05) is 24.5 Å². The van der Waals surface area contributed by atoms with Gasteiger partial charge in [0.25, 0.3) is 0 Å². The van der Waals surface area contributed by atoms with E-state index in [1.54, 1.807) is 0 Å². The summed E-state index contributed by atoms with van der Waals surface area (Å²) in [4.78, 5) is 0. The van der Waals surface area contributed by atoms with Crippen molar-refractivity contribution in [3.8, 4) is 0 Å². The van der Waals surface area contributed by atoms with Crippen molar-refractivity contribution >= 4 is 11.4 Å². The predicted octanol–water partition coefficient (Wildman–Crippen LogP) is 5.00. The highest BCUT2D eigenvalue weighted by molar-refractivity contribution is 5.56. The van der Waals surface area contributed by atoms with E-state index in [0.29, 0.717) is 0 Å². The van der Waals surface area contributed by atoms with Crippen LogP contribution in [0.15, 0.2) is 84.9 Å². The first-order chi connectivity index (χ1) is 11.9. The summed E-state index contributed by atoms with van der Waals surface area (Å²) in [5, 5.41) is 7.00. The molecule has 0 aliphatic heterocycles. The van der Waals surface area contributed by atoms with E-state index in [-0.39, 0.29) is 0 Å². The molecule has 122 valence electrons. The first kappa shape index (κ1) is 16.1. The molecule has 0 radical (unpaired) electrons. The molecule has 3 rings (SSSR count). The van der Waals surface area contributed by atoms with E-state index in [4.69, 9.17) is 0 Å². The lowest BCUT2D eigenvalue weighted by Gasteiger charge is -2.10. The minimum absolute atomic E-state index is 0.942. The van der Waals surface area contributed by atoms with Crippen molar-refractivity contribution in [2.45, 2.75) is 12.8 Å². The van der Waals surface area contributed by atoms with Gasteiger partial charge >= 0.3 is 0 Å². The molecule has 0 spiro atoms. The van der Waals surface area contributed by atoms with E-state index >= 15 is 0 Å². The molecule has 3 aromatic rings.